The normalized spacial score (nSPS) is 22.0. The third kappa shape index (κ3) is 6.61. The summed E-state index contributed by atoms with van der Waals surface area (Å²) in [5, 5.41) is 21.3. The third-order valence-corrected chi connectivity index (χ3v) is 5.32. The van der Waals surface area contributed by atoms with Gasteiger partial charge in [0.15, 0.2) is 11.6 Å². The minimum Gasteiger partial charge on any atom is -0.492 e. The minimum atomic E-state index is -1.60. The van der Waals surface area contributed by atoms with Crippen molar-refractivity contribution in [3.8, 4) is 11.5 Å². The molecule has 3 rings (SSSR count). The summed E-state index contributed by atoms with van der Waals surface area (Å²) in [6, 6.07) is 10.6. The van der Waals surface area contributed by atoms with Gasteiger partial charge in [0.2, 0.25) is 0 Å². The van der Waals surface area contributed by atoms with Crippen molar-refractivity contribution in [2.75, 3.05) is 46.9 Å². The molecule has 170 valence electrons. The quantitative estimate of drug-likeness (QED) is 0.629. The number of aliphatic hydroxyl groups excluding tert-OH is 1. The number of nitrogens with zero attached hydrogens (tertiary/aromatic N) is 2. The first-order valence-corrected chi connectivity index (χ1v) is 10.3. The SMILES string of the molecule is CN(C)CCOc1cccc(CN2CC[C@H](O)[C@@](O)(COc3cc(F)ccc3F)C2)c1. The average molecular weight is 436 g/mol. The van der Waals surface area contributed by atoms with E-state index in [0.29, 0.717) is 26.1 Å². The fourth-order valence-corrected chi connectivity index (χ4v) is 3.55. The van der Waals surface area contributed by atoms with Crippen molar-refractivity contribution in [3.63, 3.8) is 0 Å². The van der Waals surface area contributed by atoms with Crippen LogP contribution in [0.4, 0.5) is 8.78 Å². The van der Waals surface area contributed by atoms with Crippen LogP contribution in [0, 0.1) is 11.6 Å². The second kappa shape index (κ2) is 10.4. The largest absolute Gasteiger partial charge is 0.492 e. The van der Waals surface area contributed by atoms with Crippen LogP contribution in [0.15, 0.2) is 42.5 Å². The number of hydrogen-bond donors (Lipinski definition) is 2. The highest BCUT2D eigenvalue weighted by atomic mass is 19.1. The van der Waals surface area contributed by atoms with Gasteiger partial charge in [-0.3, -0.25) is 4.90 Å². The van der Waals surface area contributed by atoms with Crippen LogP contribution in [0.1, 0.15) is 12.0 Å². The number of aliphatic hydroxyl groups is 2. The molecule has 1 aliphatic rings. The number of likely N-dealkylation sites (N-methyl/N-ethyl adjacent to an activating group) is 1. The maximum Gasteiger partial charge on any atom is 0.165 e. The van der Waals surface area contributed by atoms with E-state index >= 15 is 0 Å². The molecule has 1 heterocycles. The van der Waals surface area contributed by atoms with E-state index in [4.69, 9.17) is 9.47 Å². The lowest BCUT2D eigenvalue weighted by Crippen LogP contribution is -2.59. The van der Waals surface area contributed by atoms with Crippen molar-refractivity contribution in [2.24, 2.45) is 0 Å². The molecule has 0 radical (unpaired) electrons. The molecule has 31 heavy (non-hydrogen) atoms. The average Bonchev–Trinajstić information content (AvgIpc) is 2.72. The van der Waals surface area contributed by atoms with Crippen molar-refractivity contribution < 1.29 is 28.5 Å². The van der Waals surface area contributed by atoms with E-state index in [-0.39, 0.29) is 18.9 Å². The third-order valence-electron chi connectivity index (χ3n) is 5.32. The molecule has 2 aromatic rings. The van der Waals surface area contributed by atoms with E-state index in [0.717, 1.165) is 36.1 Å². The Labute approximate surface area is 181 Å². The van der Waals surface area contributed by atoms with E-state index < -0.39 is 23.3 Å². The van der Waals surface area contributed by atoms with Gasteiger partial charge in [0, 0.05) is 32.2 Å². The number of benzene rings is 2. The molecule has 1 aliphatic heterocycles. The van der Waals surface area contributed by atoms with E-state index in [2.05, 4.69) is 0 Å². The molecule has 6 nitrogen and oxygen atoms in total. The summed E-state index contributed by atoms with van der Waals surface area (Å²) in [5.41, 5.74) is -0.588. The van der Waals surface area contributed by atoms with Crippen LogP contribution in [-0.4, -0.2) is 78.7 Å². The second-order valence-electron chi connectivity index (χ2n) is 8.28. The molecule has 1 fully saturated rings. The molecule has 0 unspecified atom stereocenters. The number of β-amino-alcohol motifs (C(OH)–C–C–N with tert-alkyl or cyclic N) is 1. The van der Waals surface area contributed by atoms with Crippen LogP contribution in [0.2, 0.25) is 0 Å². The zero-order chi connectivity index (χ0) is 22.4. The van der Waals surface area contributed by atoms with Gasteiger partial charge in [0.05, 0.1) is 6.10 Å². The summed E-state index contributed by atoms with van der Waals surface area (Å²) in [6.45, 7) is 2.32. The highest BCUT2D eigenvalue weighted by Gasteiger charge is 2.42. The molecule has 0 bridgehead atoms. The first kappa shape index (κ1) is 23.4. The summed E-state index contributed by atoms with van der Waals surface area (Å²) in [6.07, 6.45) is -0.689. The first-order valence-electron chi connectivity index (χ1n) is 10.3. The van der Waals surface area contributed by atoms with Crippen LogP contribution >= 0.6 is 0 Å². The van der Waals surface area contributed by atoms with Crippen LogP contribution in [0.25, 0.3) is 0 Å². The van der Waals surface area contributed by atoms with Gasteiger partial charge in [-0.05, 0) is 50.3 Å². The zero-order valence-corrected chi connectivity index (χ0v) is 17.9. The molecule has 2 atom stereocenters. The predicted molar refractivity (Wildman–Crippen MR) is 113 cm³/mol. The van der Waals surface area contributed by atoms with Crippen molar-refractivity contribution in [1.29, 1.82) is 0 Å². The lowest BCUT2D eigenvalue weighted by molar-refractivity contribution is -0.140. The number of likely N-dealkylation sites (tertiary alicyclic amines) is 1. The molecule has 0 aliphatic carbocycles. The van der Waals surface area contributed by atoms with Gasteiger partial charge in [-0.2, -0.15) is 0 Å². The highest BCUT2D eigenvalue weighted by Crippen LogP contribution is 2.27. The number of halogens is 2. The van der Waals surface area contributed by atoms with Crippen LogP contribution in [0.5, 0.6) is 11.5 Å². The van der Waals surface area contributed by atoms with Crippen molar-refractivity contribution in [3.05, 3.63) is 59.7 Å². The number of ether oxygens (including phenoxy) is 2. The smallest absolute Gasteiger partial charge is 0.165 e. The Hall–Kier alpha value is -2.26. The number of rotatable bonds is 9. The molecule has 2 aromatic carbocycles. The minimum absolute atomic E-state index is 0.136. The van der Waals surface area contributed by atoms with E-state index in [1.54, 1.807) is 0 Å². The first-order chi connectivity index (χ1) is 14.7. The summed E-state index contributed by atoms with van der Waals surface area (Å²) >= 11 is 0. The van der Waals surface area contributed by atoms with Crippen LogP contribution in [-0.2, 0) is 6.54 Å². The molecule has 1 saturated heterocycles. The maximum atomic E-state index is 13.8. The molecular weight excluding hydrogens is 406 g/mol. The van der Waals surface area contributed by atoms with Gasteiger partial charge >= 0.3 is 0 Å². The molecule has 0 saturated carbocycles. The summed E-state index contributed by atoms with van der Waals surface area (Å²) in [7, 11) is 3.97. The van der Waals surface area contributed by atoms with Gasteiger partial charge in [-0.15, -0.1) is 0 Å². The zero-order valence-electron chi connectivity index (χ0n) is 17.9. The summed E-state index contributed by atoms with van der Waals surface area (Å²) in [5.74, 6) is -0.878. The fourth-order valence-electron chi connectivity index (χ4n) is 3.55. The Bertz CT molecular complexity index is 867. The molecule has 0 spiro atoms. The van der Waals surface area contributed by atoms with Crippen molar-refractivity contribution >= 4 is 0 Å². The Kier molecular flexibility index (Phi) is 7.83. The van der Waals surface area contributed by atoms with E-state index in [1.165, 1.54) is 0 Å². The van der Waals surface area contributed by atoms with Gasteiger partial charge in [0.25, 0.3) is 0 Å². The second-order valence-corrected chi connectivity index (χ2v) is 8.28. The van der Waals surface area contributed by atoms with E-state index in [1.807, 2.05) is 48.2 Å². The molecular formula is C23H30F2N2O4. The molecule has 2 N–H and O–H groups in total. The van der Waals surface area contributed by atoms with Gasteiger partial charge in [-0.1, -0.05) is 12.1 Å². The molecule has 8 heteroatoms. The predicted octanol–water partition coefficient (Wildman–Crippen LogP) is 2.28. The Balaban J connectivity index is 1.60. The van der Waals surface area contributed by atoms with Crippen molar-refractivity contribution in [2.45, 2.75) is 24.7 Å². The maximum absolute atomic E-state index is 13.8. The van der Waals surface area contributed by atoms with Gasteiger partial charge < -0.3 is 24.6 Å². The Morgan fingerprint density at radius 3 is 2.74 bits per heavy atom. The van der Waals surface area contributed by atoms with Crippen LogP contribution in [0.3, 0.4) is 0 Å². The summed E-state index contributed by atoms with van der Waals surface area (Å²) in [4.78, 5) is 4.04. The highest BCUT2D eigenvalue weighted by molar-refractivity contribution is 5.29. The topological polar surface area (TPSA) is 65.4 Å². The van der Waals surface area contributed by atoms with Crippen LogP contribution < -0.4 is 9.47 Å². The van der Waals surface area contributed by atoms with Gasteiger partial charge in [0.1, 0.15) is 30.4 Å². The Morgan fingerprint density at radius 2 is 1.97 bits per heavy atom. The standard InChI is InChI=1S/C23H30F2N2O4/c1-26(2)10-11-30-19-5-3-4-17(12-19)14-27-9-8-22(28)23(29,15-27)16-31-21-13-18(24)6-7-20(21)25/h3-7,12-13,22,28-29H,8-11,14-16H2,1-2H3/t22-,23-/m0/s1. The van der Waals surface area contributed by atoms with Gasteiger partial charge in [-0.25, -0.2) is 8.78 Å². The number of hydrogen-bond acceptors (Lipinski definition) is 6. The van der Waals surface area contributed by atoms with E-state index in [9.17, 15) is 19.0 Å². The lowest BCUT2D eigenvalue weighted by Gasteiger charge is -2.42. The van der Waals surface area contributed by atoms with Crippen molar-refractivity contribution in [1.82, 2.24) is 9.80 Å². The number of piperidine rings is 1. The Morgan fingerprint density at radius 1 is 1.16 bits per heavy atom. The lowest BCUT2D eigenvalue weighted by atomic mass is 9.90. The summed E-state index contributed by atoms with van der Waals surface area (Å²) < 4.78 is 38.3. The molecule has 0 aromatic heterocycles. The molecule has 0 amide bonds. The fraction of sp³-hybridized carbons (Fsp3) is 0.478. The monoisotopic (exact) mass is 436 g/mol.